The molecule has 1 N–H and O–H groups in total. The van der Waals surface area contributed by atoms with Gasteiger partial charge in [-0.25, -0.2) is 0 Å². The predicted molar refractivity (Wildman–Crippen MR) is 74.7 cm³/mol. The van der Waals surface area contributed by atoms with Crippen molar-refractivity contribution in [2.75, 3.05) is 6.54 Å². The first-order valence-electron chi connectivity index (χ1n) is 6.23. The van der Waals surface area contributed by atoms with Crippen LogP contribution in [0.1, 0.15) is 51.1 Å². The standard InChI is InChI=1S/C14H22BrN/c1-3-4-5-6-11-16-12(2)13-7-9-14(15)10-8-13/h7-10,12,16H,3-6,11H2,1-2H3. The summed E-state index contributed by atoms with van der Waals surface area (Å²) in [5.41, 5.74) is 1.36. The maximum atomic E-state index is 3.56. The Balaban J connectivity index is 2.24. The van der Waals surface area contributed by atoms with E-state index in [1.165, 1.54) is 31.2 Å². The van der Waals surface area contributed by atoms with Gasteiger partial charge in [-0.1, -0.05) is 54.2 Å². The molecule has 1 aromatic carbocycles. The smallest absolute Gasteiger partial charge is 0.0291 e. The summed E-state index contributed by atoms with van der Waals surface area (Å²) < 4.78 is 1.14. The average Bonchev–Trinajstić information content (AvgIpc) is 2.29. The molecule has 1 aromatic rings. The molecule has 0 amide bonds. The lowest BCUT2D eigenvalue weighted by atomic mass is 10.1. The van der Waals surface area contributed by atoms with Crippen LogP contribution < -0.4 is 5.32 Å². The van der Waals surface area contributed by atoms with E-state index in [1.807, 2.05) is 0 Å². The minimum absolute atomic E-state index is 0.453. The Bertz CT molecular complexity index is 281. The molecule has 2 heteroatoms. The van der Waals surface area contributed by atoms with Crippen LogP contribution >= 0.6 is 15.9 Å². The van der Waals surface area contributed by atoms with Crippen molar-refractivity contribution in [3.05, 3.63) is 34.3 Å². The maximum Gasteiger partial charge on any atom is 0.0291 e. The Morgan fingerprint density at radius 1 is 1.12 bits per heavy atom. The molecular weight excluding hydrogens is 262 g/mol. The molecule has 1 atom stereocenters. The fraction of sp³-hybridized carbons (Fsp3) is 0.571. The third kappa shape index (κ3) is 5.13. The molecule has 16 heavy (non-hydrogen) atoms. The normalized spacial score (nSPS) is 12.7. The van der Waals surface area contributed by atoms with E-state index in [-0.39, 0.29) is 0 Å². The number of nitrogens with one attached hydrogen (secondary N) is 1. The van der Waals surface area contributed by atoms with Gasteiger partial charge in [0.15, 0.2) is 0 Å². The Hall–Kier alpha value is -0.340. The van der Waals surface area contributed by atoms with Crippen LogP contribution in [-0.2, 0) is 0 Å². The van der Waals surface area contributed by atoms with Crippen molar-refractivity contribution < 1.29 is 0 Å². The first kappa shape index (κ1) is 13.7. The summed E-state index contributed by atoms with van der Waals surface area (Å²) in [5, 5.41) is 3.56. The van der Waals surface area contributed by atoms with Gasteiger partial charge < -0.3 is 5.32 Å². The van der Waals surface area contributed by atoms with E-state index >= 15 is 0 Å². The van der Waals surface area contributed by atoms with Gasteiger partial charge >= 0.3 is 0 Å². The van der Waals surface area contributed by atoms with E-state index in [2.05, 4.69) is 59.4 Å². The summed E-state index contributed by atoms with van der Waals surface area (Å²) in [4.78, 5) is 0. The molecule has 0 saturated heterocycles. The Labute approximate surface area is 108 Å². The van der Waals surface area contributed by atoms with Crippen molar-refractivity contribution in [2.24, 2.45) is 0 Å². The van der Waals surface area contributed by atoms with Gasteiger partial charge in [0.1, 0.15) is 0 Å². The van der Waals surface area contributed by atoms with Gasteiger partial charge in [-0.05, 0) is 37.6 Å². The first-order chi connectivity index (χ1) is 7.74. The second-order valence-corrected chi connectivity index (χ2v) is 5.20. The van der Waals surface area contributed by atoms with Gasteiger partial charge in [-0.3, -0.25) is 0 Å². The Morgan fingerprint density at radius 3 is 2.44 bits per heavy atom. The van der Waals surface area contributed by atoms with Crippen molar-refractivity contribution >= 4 is 15.9 Å². The van der Waals surface area contributed by atoms with E-state index in [1.54, 1.807) is 0 Å². The zero-order valence-corrected chi connectivity index (χ0v) is 11.9. The van der Waals surface area contributed by atoms with Gasteiger partial charge in [-0.2, -0.15) is 0 Å². The van der Waals surface area contributed by atoms with Gasteiger partial charge in [0, 0.05) is 10.5 Å². The number of rotatable bonds is 7. The van der Waals surface area contributed by atoms with E-state index in [9.17, 15) is 0 Å². The predicted octanol–water partition coefficient (Wildman–Crippen LogP) is 4.68. The molecule has 90 valence electrons. The highest BCUT2D eigenvalue weighted by Crippen LogP contribution is 2.16. The number of benzene rings is 1. The molecule has 0 aliphatic rings. The molecule has 0 aliphatic carbocycles. The second-order valence-electron chi connectivity index (χ2n) is 4.29. The second kappa shape index (κ2) is 7.86. The maximum absolute atomic E-state index is 3.56. The Morgan fingerprint density at radius 2 is 1.81 bits per heavy atom. The summed E-state index contributed by atoms with van der Waals surface area (Å²) in [6.07, 6.45) is 5.29. The monoisotopic (exact) mass is 283 g/mol. The van der Waals surface area contributed by atoms with Crippen molar-refractivity contribution in [1.82, 2.24) is 5.32 Å². The molecular formula is C14H22BrN. The molecule has 1 nitrogen and oxygen atoms in total. The molecule has 0 saturated carbocycles. The minimum Gasteiger partial charge on any atom is -0.310 e. The summed E-state index contributed by atoms with van der Waals surface area (Å²) in [6, 6.07) is 9.01. The van der Waals surface area contributed by atoms with Crippen LogP contribution in [-0.4, -0.2) is 6.54 Å². The SMILES string of the molecule is CCCCCCNC(C)c1ccc(Br)cc1. The molecule has 0 heterocycles. The van der Waals surface area contributed by atoms with Crippen LogP contribution in [0.2, 0.25) is 0 Å². The number of unbranched alkanes of at least 4 members (excludes halogenated alkanes) is 3. The van der Waals surface area contributed by atoms with E-state index in [0.29, 0.717) is 6.04 Å². The van der Waals surface area contributed by atoms with Crippen LogP contribution in [0, 0.1) is 0 Å². The summed E-state index contributed by atoms with van der Waals surface area (Å²) in [5.74, 6) is 0. The highest BCUT2D eigenvalue weighted by Gasteiger charge is 2.03. The van der Waals surface area contributed by atoms with E-state index in [4.69, 9.17) is 0 Å². The van der Waals surface area contributed by atoms with E-state index < -0.39 is 0 Å². The van der Waals surface area contributed by atoms with Gasteiger partial charge in [0.05, 0.1) is 0 Å². The molecule has 0 aliphatic heterocycles. The molecule has 0 fully saturated rings. The van der Waals surface area contributed by atoms with Crippen LogP contribution in [0.5, 0.6) is 0 Å². The minimum atomic E-state index is 0.453. The third-order valence-electron chi connectivity index (χ3n) is 2.85. The molecule has 1 rings (SSSR count). The zero-order valence-electron chi connectivity index (χ0n) is 10.3. The highest BCUT2D eigenvalue weighted by molar-refractivity contribution is 9.10. The van der Waals surface area contributed by atoms with E-state index in [0.717, 1.165) is 11.0 Å². The molecule has 1 unspecified atom stereocenters. The van der Waals surface area contributed by atoms with Crippen molar-refractivity contribution in [3.8, 4) is 0 Å². The molecule has 0 radical (unpaired) electrons. The molecule has 0 aromatic heterocycles. The number of hydrogen-bond acceptors (Lipinski definition) is 1. The zero-order chi connectivity index (χ0) is 11.8. The third-order valence-corrected chi connectivity index (χ3v) is 3.38. The number of halogens is 1. The Kier molecular flexibility index (Phi) is 6.74. The lowest BCUT2D eigenvalue weighted by molar-refractivity contribution is 0.536. The van der Waals surface area contributed by atoms with Gasteiger partial charge in [-0.15, -0.1) is 0 Å². The van der Waals surface area contributed by atoms with Crippen LogP contribution in [0.3, 0.4) is 0 Å². The van der Waals surface area contributed by atoms with Crippen molar-refractivity contribution in [3.63, 3.8) is 0 Å². The fourth-order valence-corrected chi connectivity index (χ4v) is 2.00. The van der Waals surface area contributed by atoms with Crippen LogP contribution in [0.4, 0.5) is 0 Å². The lowest BCUT2D eigenvalue weighted by Gasteiger charge is -2.14. The van der Waals surface area contributed by atoms with Crippen molar-refractivity contribution in [1.29, 1.82) is 0 Å². The van der Waals surface area contributed by atoms with Gasteiger partial charge in [0.2, 0.25) is 0 Å². The molecule has 0 spiro atoms. The quantitative estimate of drug-likeness (QED) is 0.717. The topological polar surface area (TPSA) is 12.0 Å². The van der Waals surface area contributed by atoms with Crippen LogP contribution in [0.15, 0.2) is 28.7 Å². The van der Waals surface area contributed by atoms with Crippen LogP contribution in [0.25, 0.3) is 0 Å². The number of hydrogen-bond donors (Lipinski definition) is 1. The van der Waals surface area contributed by atoms with Gasteiger partial charge in [0.25, 0.3) is 0 Å². The first-order valence-corrected chi connectivity index (χ1v) is 7.02. The summed E-state index contributed by atoms with van der Waals surface area (Å²) >= 11 is 3.46. The average molecular weight is 284 g/mol. The van der Waals surface area contributed by atoms with Crippen molar-refractivity contribution in [2.45, 2.75) is 45.6 Å². The largest absolute Gasteiger partial charge is 0.310 e. The fourth-order valence-electron chi connectivity index (χ4n) is 1.74. The molecule has 0 bridgehead atoms. The highest BCUT2D eigenvalue weighted by atomic mass is 79.9. The lowest BCUT2D eigenvalue weighted by Crippen LogP contribution is -2.19. The summed E-state index contributed by atoms with van der Waals surface area (Å²) in [6.45, 7) is 5.60. The summed E-state index contributed by atoms with van der Waals surface area (Å²) in [7, 11) is 0.